The lowest BCUT2D eigenvalue weighted by Crippen LogP contribution is -1.81. The average Bonchev–Trinajstić information content (AvgIpc) is 3.44. The molecule has 0 spiro atoms. The molecule has 2 nitrogen and oxygen atoms in total. The summed E-state index contributed by atoms with van der Waals surface area (Å²) < 4.78 is 0. The predicted octanol–water partition coefficient (Wildman–Crippen LogP) is 8.93. The van der Waals surface area contributed by atoms with Crippen molar-refractivity contribution in [2.75, 3.05) is 0 Å². The van der Waals surface area contributed by atoms with E-state index in [1.165, 1.54) is 76.3 Å². The number of aromatic amines is 2. The van der Waals surface area contributed by atoms with Crippen molar-refractivity contribution in [1.29, 1.82) is 0 Å². The Labute approximate surface area is 195 Å². The van der Waals surface area contributed by atoms with Crippen LogP contribution in [0, 0.1) is 0 Å². The largest absolute Gasteiger partial charge is 0.354 e. The van der Waals surface area contributed by atoms with Crippen LogP contribution in [0.4, 0.5) is 0 Å². The summed E-state index contributed by atoms with van der Waals surface area (Å²) in [5.41, 5.74) is 7.20. The van der Waals surface area contributed by atoms with Crippen LogP contribution in [-0.4, -0.2) is 9.97 Å². The van der Waals surface area contributed by atoms with E-state index < -0.39 is 0 Å². The number of fused-ring (bicyclic) bond motifs is 9. The summed E-state index contributed by atoms with van der Waals surface area (Å²) in [6.07, 6.45) is 0. The average molecular weight is 433 g/mol. The molecule has 158 valence electrons. The lowest BCUT2D eigenvalue weighted by Gasteiger charge is -2.06. The third kappa shape index (κ3) is 2.45. The molecule has 2 heterocycles. The topological polar surface area (TPSA) is 31.6 Å². The number of nitrogens with one attached hydrogen (secondary N) is 2. The van der Waals surface area contributed by atoms with Gasteiger partial charge in [0, 0.05) is 43.6 Å². The lowest BCUT2D eigenvalue weighted by molar-refractivity contribution is 1.55. The Morgan fingerprint density at radius 1 is 0.353 bits per heavy atom. The fourth-order valence-corrected chi connectivity index (χ4v) is 5.63. The van der Waals surface area contributed by atoms with Crippen LogP contribution in [0.3, 0.4) is 0 Å². The first-order valence-electron chi connectivity index (χ1n) is 11.7. The number of para-hydroxylation sites is 1. The van der Waals surface area contributed by atoms with Crippen LogP contribution in [0.1, 0.15) is 0 Å². The molecular weight excluding hydrogens is 412 g/mol. The second-order valence-corrected chi connectivity index (χ2v) is 9.22. The summed E-state index contributed by atoms with van der Waals surface area (Å²) in [5, 5.41) is 10.2. The lowest BCUT2D eigenvalue weighted by atomic mass is 9.97. The van der Waals surface area contributed by atoms with E-state index in [1.807, 2.05) is 0 Å². The Kier molecular flexibility index (Phi) is 3.42. The quantitative estimate of drug-likeness (QED) is 0.259. The third-order valence-electron chi connectivity index (χ3n) is 7.28. The molecule has 0 fully saturated rings. The Bertz CT molecular complexity index is 2070. The van der Waals surface area contributed by atoms with E-state index in [2.05, 4.69) is 119 Å². The summed E-state index contributed by atoms with van der Waals surface area (Å²) in [5.74, 6) is 0. The smallest absolute Gasteiger partial charge is 0.0471 e. The predicted molar refractivity (Wildman–Crippen MR) is 146 cm³/mol. The SMILES string of the molecule is c1ccc2c(c1)ccc1[nH]c3ccc(-c4ccc5cc6c(cc5c4)[nH]c4ccccc46)cc3c12. The van der Waals surface area contributed by atoms with Gasteiger partial charge in [-0.05, 0) is 75.1 Å². The molecule has 8 rings (SSSR count). The van der Waals surface area contributed by atoms with Gasteiger partial charge in [0.25, 0.3) is 0 Å². The molecule has 0 aliphatic rings. The minimum absolute atomic E-state index is 1.18. The molecule has 0 saturated carbocycles. The molecule has 6 aromatic carbocycles. The van der Waals surface area contributed by atoms with Crippen LogP contribution in [0.2, 0.25) is 0 Å². The Hall–Kier alpha value is -4.56. The van der Waals surface area contributed by atoms with Gasteiger partial charge < -0.3 is 9.97 Å². The van der Waals surface area contributed by atoms with Gasteiger partial charge in [-0.25, -0.2) is 0 Å². The zero-order valence-corrected chi connectivity index (χ0v) is 18.4. The summed E-state index contributed by atoms with van der Waals surface area (Å²) in [7, 11) is 0. The molecule has 2 aromatic heterocycles. The molecule has 0 saturated heterocycles. The number of hydrogen-bond donors (Lipinski definition) is 2. The molecule has 0 aliphatic heterocycles. The molecule has 2 heteroatoms. The fraction of sp³-hybridized carbons (Fsp3) is 0. The van der Waals surface area contributed by atoms with Crippen LogP contribution in [0.5, 0.6) is 0 Å². The first-order chi connectivity index (χ1) is 16.8. The maximum atomic E-state index is 3.61. The van der Waals surface area contributed by atoms with Crippen molar-refractivity contribution in [2.24, 2.45) is 0 Å². The highest BCUT2D eigenvalue weighted by atomic mass is 14.7. The molecule has 8 aromatic rings. The molecule has 0 amide bonds. The standard InChI is InChI=1S/C32H20N2/c1-2-6-24-19(5-1)11-14-30-32(24)27-17-21(12-13-29(27)33-30)20-9-10-22-16-26-25-7-3-4-8-28(25)34-31(26)18-23(22)15-20/h1-18,33-34H. The fourth-order valence-electron chi connectivity index (χ4n) is 5.63. The highest BCUT2D eigenvalue weighted by Gasteiger charge is 2.11. The van der Waals surface area contributed by atoms with Gasteiger partial charge in [0.05, 0.1) is 0 Å². The van der Waals surface area contributed by atoms with Crippen molar-refractivity contribution in [2.45, 2.75) is 0 Å². The zero-order chi connectivity index (χ0) is 22.2. The second kappa shape index (κ2) is 6.49. The van der Waals surface area contributed by atoms with Crippen molar-refractivity contribution in [3.05, 3.63) is 109 Å². The maximum Gasteiger partial charge on any atom is 0.0471 e. The van der Waals surface area contributed by atoms with Gasteiger partial charge in [0.15, 0.2) is 0 Å². The van der Waals surface area contributed by atoms with Crippen LogP contribution < -0.4 is 0 Å². The van der Waals surface area contributed by atoms with Crippen LogP contribution in [0.15, 0.2) is 109 Å². The van der Waals surface area contributed by atoms with Crippen LogP contribution in [-0.2, 0) is 0 Å². The highest BCUT2D eigenvalue weighted by Crippen LogP contribution is 2.36. The van der Waals surface area contributed by atoms with Crippen LogP contribution in [0.25, 0.3) is 76.3 Å². The Balaban J connectivity index is 1.35. The number of benzene rings is 6. The second-order valence-electron chi connectivity index (χ2n) is 9.22. The van der Waals surface area contributed by atoms with Crippen LogP contribution >= 0.6 is 0 Å². The minimum Gasteiger partial charge on any atom is -0.354 e. The van der Waals surface area contributed by atoms with E-state index in [4.69, 9.17) is 0 Å². The van der Waals surface area contributed by atoms with E-state index in [-0.39, 0.29) is 0 Å². The van der Waals surface area contributed by atoms with Gasteiger partial charge >= 0.3 is 0 Å². The van der Waals surface area contributed by atoms with Gasteiger partial charge in [-0.3, -0.25) is 0 Å². The molecule has 0 bridgehead atoms. The van der Waals surface area contributed by atoms with Gasteiger partial charge in [-0.1, -0.05) is 66.7 Å². The molecule has 0 radical (unpaired) electrons. The Morgan fingerprint density at radius 3 is 2.03 bits per heavy atom. The van der Waals surface area contributed by atoms with Gasteiger partial charge in [0.2, 0.25) is 0 Å². The zero-order valence-electron chi connectivity index (χ0n) is 18.4. The number of hydrogen-bond acceptors (Lipinski definition) is 0. The van der Waals surface area contributed by atoms with E-state index in [9.17, 15) is 0 Å². The first-order valence-corrected chi connectivity index (χ1v) is 11.7. The molecule has 0 unspecified atom stereocenters. The first kappa shape index (κ1) is 17.9. The number of rotatable bonds is 1. The minimum atomic E-state index is 1.18. The molecule has 34 heavy (non-hydrogen) atoms. The van der Waals surface area contributed by atoms with E-state index in [0.29, 0.717) is 0 Å². The van der Waals surface area contributed by atoms with Gasteiger partial charge in [0.1, 0.15) is 0 Å². The third-order valence-corrected chi connectivity index (χ3v) is 7.28. The van der Waals surface area contributed by atoms with E-state index >= 15 is 0 Å². The molecular formula is C32H20N2. The monoisotopic (exact) mass is 432 g/mol. The van der Waals surface area contributed by atoms with E-state index in [1.54, 1.807) is 0 Å². The number of aromatic nitrogens is 2. The van der Waals surface area contributed by atoms with Crippen molar-refractivity contribution < 1.29 is 0 Å². The van der Waals surface area contributed by atoms with Gasteiger partial charge in [-0.2, -0.15) is 0 Å². The Morgan fingerprint density at radius 2 is 1.06 bits per heavy atom. The summed E-state index contributed by atoms with van der Waals surface area (Å²) in [6, 6.07) is 39.7. The number of H-pyrrole nitrogens is 2. The van der Waals surface area contributed by atoms with Crippen molar-refractivity contribution in [3.8, 4) is 11.1 Å². The summed E-state index contributed by atoms with van der Waals surface area (Å²) >= 11 is 0. The molecule has 0 aliphatic carbocycles. The highest BCUT2D eigenvalue weighted by molar-refractivity contribution is 6.20. The van der Waals surface area contributed by atoms with E-state index in [0.717, 1.165) is 0 Å². The normalized spacial score (nSPS) is 12.1. The maximum absolute atomic E-state index is 3.61. The van der Waals surface area contributed by atoms with Gasteiger partial charge in [-0.15, -0.1) is 0 Å². The van der Waals surface area contributed by atoms with Crippen molar-refractivity contribution in [3.63, 3.8) is 0 Å². The summed E-state index contributed by atoms with van der Waals surface area (Å²) in [6.45, 7) is 0. The summed E-state index contributed by atoms with van der Waals surface area (Å²) in [4.78, 5) is 7.19. The molecule has 0 atom stereocenters. The van der Waals surface area contributed by atoms with Crippen molar-refractivity contribution in [1.82, 2.24) is 9.97 Å². The van der Waals surface area contributed by atoms with Crippen molar-refractivity contribution >= 4 is 65.2 Å². The molecule has 2 N–H and O–H groups in total.